The Labute approximate surface area is 48.6 Å². The van der Waals surface area contributed by atoms with Crippen LogP contribution in [0.1, 0.15) is 0 Å². The highest BCUT2D eigenvalue weighted by atomic mass is 127. The molecule has 0 amide bonds. The number of hydrogen-bond donors (Lipinski definition) is 0. The Bertz CT molecular complexity index is 10.8. The van der Waals surface area contributed by atoms with E-state index in [0.717, 1.165) is 2.15 Å². The predicted octanol–water partition coefficient (Wildman–Crippen LogP) is 1.95. The lowest BCUT2D eigenvalue weighted by Gasteiger charge is -1.75. The van der Waals surface area contributed by atoms with Gasteiger partial charge in [-0.25, -0.2) is 0 Å². The van der Waals surface area contributed by atoms with Crippen molar-refractivity contribution in [3.05, 3.63) is 0 Å². The molecule has 0 N–H and O–H groups in total. The van der Waals surface area contributed by atoms with Crippen LogP contribution in [0.4, 0.5) is 0 Å². The first kappa shape index (κ1) is 5.27. The van der Waals surface area contributed by atoms with Crippen LogP contribution in [0.25, 0.3) is 0 Å². The fourth-order valence-corrected chi connectivity index (χ4v) is 0. The number of hydrogen-bond acceptors (Lipinski definition) is 1. The summed E-state index contributed by atoms with van der Waals surface area (Å²) in [5, 5.41) is 0. The Balaban J connectivity index is 2.32. The van der Waals surface area contributed by atoms with Crippen molar-refractivity contribution >= 4 is 46.4 Å². The number of rotatable bonds is 0. The van der Waals surface area contributed by atoms with Gasteiger partial charge in [0.2, 0.25) is 0 Å². The molecule has 0 aromatic carbocycles. The van der Waals surface area contributed by atoms with Crippen molar-refractivity contribution in [1.82, 2.24) is 2.15 Å². The van der Waals surface area contributed by atoms with E-state index in [-0.39, 0.29) is 0 Å². The van der Waals surface area contributed by atoms with Gasteiger partial charge in [0.1, 0.15) is 0 Å². The molecule has 4 heavy (non-hydrogen) atoms. The molecule has 0 aromatic rings. The minimum Gasteiger partial charge on any atom is -0.0694 e. The van der Waals surface area contributed by atoms with Crippen LogP contribution in [0.3, 0.4) is 0 Å². The van der Waals surface area contributed by atoms with Crippen molar-refractivity contribution in [2.75, 3.05) is 0 Å². The first-order valence-corrected chi connectivity index (χ1v) is 2.15. The monoisotopic (exact) mass is 211 g/mol. The summed E-state index contributed by atoms with van der Waals surface area (Å²) in [7, 11) is 0. The molecule has 0 aromatic heterocycles. The van der Waals surface area contributed by atoms with Gasteiger partial charge in [-0.15, -0.1) is 0 Å². The summed E-state index contributed by atoms with van der Waals surface area (Å²) in [5.74, 6) is 0. The zero-order valence-corrected chi connectivity index (χ0v) is 5.25. The topological polar surface area (TPSA) is 3.24 Å². The Morgan fingerprint density at radius 2 is 1.50 bits per heavy atom. The third kappa shape index (κ3) is 10.4. The van der Waals surface area contributed by atoms with Gasteiger partial charge in [0.05, 0.1) is 22.9 Å². The molecule has 0 radical (unpaired) electrons. The second kappa shape index (κ2) is 2.50. The van der Waals surface area contributed by atoms with E-state index in [2.05, 4.69) is 0 Å². The quantitative estimate of drug-likeness (QED) is 0.438. The number of halogens is 3. The van der Waals surface area contributed by atoms with Crippen molar-refractivity contribution in [2.45, 2.75) is 0 Å². The van der Waals surface area contributed by atoms with Crippen LogP contribution < -0.4 is 0 Å². The van der Waals surface area contributed by atoms with E-state index in [1.165, 1.54) is 0 Å². The molecule has 0 aliphatic heterocycles. The van der Waals surface area contributed by atoms with Crippen LogP contribution >= 0.6 is 46.4 Å². The molecule has 0 unspecified atom stereocenters. The van der Waals surface area contributed by atoms with Crippen molar-refractivity contribution < 1.29 is 0 Å². The fourth-order valence-electron chi connectivity index (χ4n) is 0. The van der Waals surface area contributed by atoms with Gasteiger partial charge in [-0.2, -0.15) is 0 Å². The summed E-state index contributed by atoms with van der Waals surface area (Å²) >= 11 is 11.4. The standard InChI is InChI=1S/Cl2IN/c1-4(2)3. The average Bonchev–Trinajstić information content (AvgIpc) is 0.811. The summed E-state index contributed by atoms with van der Waals surface area (Å²) in [4.78, 5) is 0. The van der Waals surface area contributed by atoms with Gasteiger partial charge in [-0.1, -0.05) is 2.15 Å². The lowest BCUT2D eigenvalue weighted by molar-refractivity contribution is 1.32. The molecule has 0 saturated heterocycles. The zero-order chi connectivity index (χ0) is 3.58. The SMILES string of the molecule is ClN(Cl)I. The third-order valence-corrected chi connectivity index (χ3v) is 0. The summed E-state index contributed by atoms with van der Waals surface area (Å²) in [6.45, 7) is 0. The molecule has 26 valence electrons. The normalized spacial score (nSPS) is 9.00. The van der Waals surface area contributed by atoms with Crippen LogP contribution in [0.15, 0.2) is 0 Å². The first-order chi connectivity index (χ1) is 1.73. The molecule has 0 rings (SSSR count). The molecule has 0 heterocycles. The Morgan fingerprint density at radius 3 is 1.50 bits per heavy atom. The van der Waals surface area contributed by atoms with E-state index in [9.17, 15) is 0 Å². The van der Waals surface area contributed by atoms with Gasteiger partial charge in [0, 0.05) is 23.6 Å². The molecule has 0 saturated carbocycles. The Kier molecular flexibility index (Phi) is 3.30. The molecule has 0 aliphatic rings. The molecule has 0 atom stereocenters. The van der Waals surface area contributed by atoms with E-state index in [4.69, 9.17) is 23.6 Å². The molecular formula is Cl2IN. The smallest absolute Gasteiger partial charge is 0.0573 e. The van der Waals surface area contributed by atoms with E-state index < -0.39 is 0 Å². The minimum atomic E-state index is 0.914. The largest absolute Gasteiger partial charge is 0.0694 e. The van der Waals surface area contributed by atoms with Crippen molar-refractivity contribution in [2.24, 2.45) is 0 Å². The summed E-state index contributed by atoms with van der Waals surface area (Å²) < 4.78 is 0.914. The van der Waals surface area contributed by atoms with Gasteiger partial charge < -0.3 is 0 Å². The van der Waals surface area contributed by atoms with Gasteiger partial charge in [-0.05, 0) is 0 Å². The lowest BCUT2D eigenvalue weighted by Crippen LogP contribution is -1.60. The van der Waals surface area contributed by atoms with Crippen LogP contribution in [-0.2, 0) is 0 Å². The van der Waals surface area contributed by atoms with Gasteiger partial charge in [-0.3, -0.25) is 0 Å². The molecular weight excluding hydrogens is 212 g/mol. The highest BCUT2D eigenvalue weighted by Gasteiger charge is 1.71. The van der Waals surface area contributed by atoms with Crippen molar-refractivity contribution in [3.63, 3.8) is 0 Å². The van der Waals surface area contributed by atoms with E-state index >= 15 is 0 Å². The van der Waals surface area contributed by atoms with Crippen LogP contribution in [-0.4, -0.2) is 2.15 Å². The molecule has 1 nitrogen and oxygen atoms in total. The van der Waals surface area contributed by atoms with E-state index in [1.807, 2.05) is 0 Å². The maximum Gasteiger partial charge on any atom is 0.0573 e. The highest BCUT2D eigenvalue weighted by molar-refractivity contribution is 14.1. The molecule has 0 spiro atoms. The molecule has 4 heteroatoms. The molecule has 0 fully saturated rings. The van der Waals surface area contributed by atoms with Gasteiger partial charge >= 0.3 is 0 Å². The lowest BCUT2D eigenvalue weighted by atomic mass is 13.9. The van der Waals surface area contributed by atoms with Crippen LogP contribution in [0.2, 0.25) is 0 Å². The maximum absolute atomic E-state index is 4.86. The summed E-state index contributed by atoms with van der Waals surface area (Å²) in [5.41, 5.74) is 0. The Hall–Kier alpha value is 1.27. The molecule has 0 bridgehead atoms. The van der Waals surface area contributed by atoms with Gasteiger partial charge in [0.15, 0.2) is 0 Å². The van der Waals surface area contributed by atoms with Gasteiger partial charge in [0.25, 0.3) is 0 Å². The van der Waals surface area contributed by atoms with E-state index in [0.29, 0.717) is 0 Å². The predicted molar refractivity (Wildman–Crippen MR) is 27.6 cm³/mol. The average molecular weight is 212 g/mol. The molecule has 0 aliphatic carbocycles. The fraction of sp³-hybridized carbons (Fsp3) is 0. The summed E-state index contributed by atoms with van der Waals surface area (Å²) in [6, 6.07) is 0. The maximum atomic E-state index is 4.86. The highest BCUT2D eigenvalue weighted by Crippen LogP contribution is 2.04. The second-order valence-corrected chi connectivity index (χ2v) is 3.15. The second-order valence-electron chi connectivity index (χ2n) is 0.192. The Morgan fingerprint density at radius 1 is 1.50 bits per heavy atom. The van der Waals surface area contributed by atoms with Crippen LogP contribution in [0.5, 0.6) is 0 Å². The third-order valence-electron chi connectivity index (χ3n) is 0. The first-order valence-electron chi connectivity index (χ1n) is 0.507. The zero-order valence-electron chi connectivity index (χ0n) is 1.58. The summed E-state index contributed by atoms with van der Waals surface area (Å²) in [6.07, 6.45) is 0. The number of nitrogens with zero attached hydrogens (tertiary/aromatic N) is 1. The van der Waals surface area contributed by atoms with Crippen LogP contribution in [0, 0.1) is 0 Å². The minimum absolute atomic E-state index is 0.914. The van der Waals surface area contributed by atoms with Crippen molar-refractivity contribution in [1.29, 1.82) is 0 Å². The van der Waals surface area contributed by atoms with E-state index in [1.54, 1.807) is 22.9 Å². The van der Waals surface area contributed by atoms with Crippen molar-refractivity contribution in [3.8, 4) is 0 Å².